The van der Waals surface area contributed by atoms with Gasteiger partial charge in [0, 0.05) is 51.1 Å². The zero-order chi connectivity index (χ0) is 34.6. The van der Waals surface area contributed by atoms with Crippen molar-refractivity contribution in [2.45, 2.75) is 37.8 Å². The van der Waals surface area contributed by atoms with Crippen molar-refractivity contribution in [3.63, 3.8) is 0 Å². The molecule has 0 aromatic heterocycles. The number of carbonyl (C=O) groups excluding carboxylic acids is 4. The van der Waals surface area contributed by atoms with E-state index >= 15 is 0 Å². The van der Waals surface area contributed by atoms with E-state index in [0.717, 1.165) is 20.1 Å². The first-order valence-corrected chi connectivity index (χ1v) is 14.0. The summed E-state index contributed by atoms with van der Waals surface area (Å²) >= 11 is 0. The van der Waals surface area contributed by atoms with E-state index in [0.29, 0.717) is 0 Å². The van der Waals surface area contributed by atoms with Crippen molar-refractivity contribution in [3.05, 3.63) is 68.3 Å². The number of methoxy groups -OCH3 is 3. The summed E-state index contributed by atoms with van der Waals surface area (Å²) in [7, 11) is 3.55. The van der Waals surface area contributed by atoms with E-state index in [4.69, 9.17) is 14.2 Å². The van der Waals surface area contributed by atoms with Gasteiger partial charge in [-0.3, -0.25) is 19.2 Å². The Morgan fingerprint density at radius 1 is 0.617 bits per heavy atom. The molecule has 0 bridgehead atoms. The molecule has 0 spiro atoms. The maximum atomic E-state index is 14.4. The van der Waals surface area contributed by atoms with Crippen LogP contribution in [0.25, 0.3) is 11.1 Å². The largest absolute Gasteiger partial charge is 0.507 e. The fraction of sp³-hybridized carbons (Fsp3) is 0.273. The van der Waals surface area contributed by atoms with Gasteiger partial charge in [-0.2, -0.15) is 0 Å². The molecule has 0 amide bonds. The number of phenolic OH excluding ortho intramolecular Hbond substituents is 3. The third-order valence-corrected chi connectivity index (χ3v) is 9.08. The zero-order valence-corrected chi connectivity index (χ0v) is 25.5. The molecular formula is C33H28O14. The van der Waals surface area contributed by atoms with Crippen molar-refractivity contribution in [1.82, 2.24) is 0 Å². The summed E-state index contributed by atoms with van der Waals surface area (Å²) < 4.78 is 16.5. The number of aliphatic hydroxyl groups excluding tert-OH is 3. The topological polar surface area (TPSA) is 238 Å². The highest BCUT2D eigenvalue weighted by atomic mass is 16.5. The summed E-state index contributed by atoms with van der Waals surface area (Å²) in [6, 6.07) is 3.34. The molecule has 0 saturated heterocycles. The number of Topliss-reactive ketones (excluding diaryl/α,β-unsaturated/α-hetero) is 2. The lowest BCUT2D eigenvalue weighted by Crippen LogP contribution is -2.61. The highest BCUT2D eigenvalue weighted by Gasteiger charge is 2.56. The molecule has 0 unspecified atom stereocenters. The quantitative estimate of drug-likeness (QED) is 0.154. The Labute approximate surface area is 265 Å². The second-order valence-electron chi connectivity index (χ2n) is 11.6. The number of benzene rings is 3. The second-order valence-corrected chi connectivity index (χ2v) is 11.6. The maximum absolute atomic E-state index is 14.4. The number of aromatic hydroxyl groups is 3. The number of phenols is 3. The normalized spacial score (nSPS) is 23.2. The van der Waals surface area contributed by atoms with E-state index in [1.807, 2.05) is 0 Å². The van der Waals surface area contributed by atoms with Gasteiger partial charge >= 0.3 is 0 Å². The molecular weight excluding hydrogens is 620 g/mol. The van der Waals surface area contributed by atoms with Gasteiger partial charge in [0.05, 0.1) is 38.0 Å². The highest BCUT2D eigenvalue weighted by Crippen LogP contribution is 2.54. The Morgan fingerprint density at radius 2 is 1.13 bits per heavy atom. The summed E-state index contributed by atoms with van der Waals surface area (Å²) in [5.74, 6) is -7.15. The van der Waals surface area contributed by atoms with Crippen LogP contribution in [0.15, 0.2) is 29.3 Å². The molecule has 3 aromatic carbocycles. The van der Waals surface area contributed by atoms with Crippen molar-refractivity contribution in [2.75, 3.05) is 21.3 Å². The Bertz CT molecular complexity index is 2040. The average molecular weight is 649 g/mol. The van der Waals surface area contributed by atoms with Crippen molar-refractivity contribution in [1.29, 1.82) is 0 Å². The van der Waals surface area contributed by atoms with E-state index in [1.165, 1.54) is 33.3 Å². The number of ketones is 4. The van der Waals surface area contributed by atoms with Gasteiger partial charge in [0.1, 0.15) is 46.9 Å². The molecule has 244 valence electrons. The first-order valence-electron chi connectivity index (χ1n) is 14.0. The summed E-state index contributed by atoms with van der Waals surface area (Å²) in [6.07, 6.45) is -6.46. The standard InChI is InChI=1S/C33H28O14/c1-9-6-10-15(29(40)24(9)35)26(37)19-14(47-5)8-13(46-4)18(21(19)25(10)36)17-12(45-3)7-11(34)16-20(17)28(39)23-22(27(16)38)30(41)32(43)33(2,44)31(23)42/h6-8,30-32,34-35,40-44H,1-5H3/t30-,31-,32+,33-/m0/s1. The minimum absolute atomic E-state index is 0.0566. The summed E-state index contributed by atoms with van der Waals surface area (Å²) in [4.78, 5) is 56.8. The van der Waals surface area contributed by atoms with Crippen LogP contribution in [0.4, 0.5) is 0 Å². The van der Waals surface area contributed by atoms with Crippen molar-refractivity contribution in [3.8, 4) is 45.6 Å². The van der Waals surface area contributed by atoms with E-state index in [1.54, 1.807) is 0 Å². The van der Waals surface area contributed by atoms with Gasteiger partial charge in [-0.25, -0.2) is 0 Å². The molecule has 0 saturated carbocycles. The zero-order valence-electron chi connectivity index (χ0n) is 25.5. The van der Waals surface area contributed by atoms with Crippen LogP contribution in [0.5, 0.6) is 34.5 Å². The van der Waals surface area contributed by atoms with Crippen LogP contribution in [-0.4, -0.2) is 104 Å². The van der Waals surface area contributed by atoms with Crippen LogP contribution in [0.3, 0.4) is 0 Å². The molecule has 3 aromatic rings. The molecule has 6 rings (SSSR count). The van der Waals surface area contributed by atoms with Crippen molar-refractivity contribution < 1.29 is 69.1 Å². The SMILES string of the molecule is COc1cc(OC)c(-c2c(OC)cc(O)c3c2C(=O)C2=C(C3=O)[C@H](O)[C@@H](O)[C@@](C)(O)[C@H]2O)c2c1C(=O)c1c(cc(C)c(O)c1O)C2=O. The Morgan fingerprint density at radius 3 is 1.70 bits per heavy atom. The summed E-state index contributed by atoms with van der Waals surface area (Å²) in [6.45, 7) is 2.34. The molecule has 4 atom stereocenters. The van der Waals surface area contributed by atoms with E-state index in [-0.39, 0.29) is 39.5 Å². The van der Waals surface area contributed by atoms with Crippen LogP contribution in [0.2, 0.25) is 0 Å². The minimum atomic E-state index is -2.51. The fourth-order valence-electron chi connectivity index (χ4n) is 6.64. The number of rotatable bonds is 4. The summed E-state index contributed by atoms with van der Waals surface area (Å²) in [5, 5.41) is 75.4. The van der Waals surface area contributed by atoms with Gasteiger partial charge in [-0.15, -0.1) is 0 Å². The van der Waals surface area contributed by atoms with Gasteiger partial charge in [0.25, 0.3) is 0 Å². The number of aliphatic hydroxyl groups is 4. The lowest BCUT2D eigenvalue weighted by atomic mass is 9.67. The highest BCUT2D eigenvalue weighted by molar-refractivity contribution is 6.35. The molecule has 14 nitrogen and oxygen atoms in total. The molecule has 7 N–H and O–H groups in total. The molecule has 0 aliphatic heterocycles. The van der Waals surface area contributed by atoms with E-state index in [9.17, 15) is 54.9 Å². The molecule has 14 heteroatoms. The van der Waals surface area contributed by atoms with Crippen LogP contribution in [0.1, 0.15) is 65.0 Å². The van der Waals surface area contributed by atoms with Gasteiger partial charge in [-0.1, -0.05) is 0 Å². The smallest absolute Gasteiger partial charge is 0.202 e. The number of ether oxygens (including phenoxy) is 3. The predicted molar refractivity (Wildman–Crippen MR) is 159 cm³/mol. The minimum Gasteiger partial charge on any atom is -0.507 e. The third kappa shape index (κ3) is 3.92. The van der Waals surface area contributed by atoms with Gasteiger partial charge in [0.15, 0.2) is 28.8 Å². The van der Waals surface area contributed by atoms with Crippen LogP contribution in [0, 0.1) is 6.92 Å². The lowest BCUT2D eigenvalue weighted by molar-refractivity contribution is -0.158. The number of aryl methyl sites for hydroxylation is 1. The number of carbonyl (C=O) groups is 4. The first kappa shape index (κ1) is 31.7. The number of hydrogen-bond acceptors (Lipinski definition) is 14. The van der Waals surface area contributed by atoms with Crippen LogP contribution >= 0.6 is 0 Å². The molecule has 0 heterocycles. The molecule has 3 aliphatic carbocycles. The van der Waals surface area contributed by atoms with Gasteiger partial charge in [-0.05, 0) is 25.5 Å². The molecule has 0 fully saturated rings. The maximum Gasteiger partial charge on any atom is 0.202 e. The number of fused-ring (bicyclic) bond motifs is 3. The predicted octanol–water partition coefficient (Wildman–Crippen LogP) is 1.10. The van der Waals surface area contributed by atoms with E-state index in [2.05, 4.69) is 0 Å². The molecule has 0 radical (unpaired) electrons. The average Bonchev–Trinajstić information content (AvgIpc) is 3.04. The number of hydrogen-bond donors (Lipinski definition) is 7. The first-order chi connectivity index (χ1) is 22.1. The third-order valence-electron chi connectivity index (χ3n) is 9.08. The van der Waals surface area contributed by atoms with Crippen LogP contribution in [-0.2, 0) is 0 Å². The Hall–Kier alpha value is -5.28. The lowest BCUT2D eigenvalue weighted by Gasteiger charge is -2.44. The molecule has 3 aliphatic rings. The van der Waals surface area contributed by atoms with Crippen LogP contribution < -0.4 is 14.2 Å². The molecule has 47 heavy (non-hydrogen) atoms. The van der Waals surface area contributed by atoms with Gasteiger partial charge in [0.2, 0.25) is 5.78 Å². The summed E-state index contributed by atoms with van der Waals surface area (Å²) in [5.41, 5.74) is -7.59. The van der Waals surface area contributed by atoms with Gasteiger partial charge < -0.3 is 50.0 Å². The van der Waals surface area contributed by atoms with E-state index < -0.39 is 103 Å². The van der Waals surface area contributed by atoms with Crippen molar-refractivity contribution >= 4 is 23.1 Å². The monoisotopic (exact) mass is 648 g/mol. The Balaban J connectivity index is 1.77. The van der Waals surface area contributed by atoms with Crippen molar-refractivity contribution in [2.24, 2.45) is 0 Å². The fourth-order valence-corrected chi connectivity index (χ4v) is 6.64. The second kappa shape index (κ2) is 10.4. The Kier molecular flexibility index (Phi) is 6.99.